The van der Waals surface area contributed by atoms with Gasteiger partial charge in [0.1, 0.15) is 5.75 Å². The van der Waals surface area contributed by atoms with Gasteiger partial charge in [0.25, 0.3) is 0 Å². The lowest BCUT2D eigenvalue weighted by Crippen LogP contribution is -2.38. The van der Waals surface area contributed by atoms with Gasteiger partial charge in [-0.1, -0.05) is 11.6 Å². The van der Waals surface area contributed by atoms with Crippen LogP contribution < -0.4 is 10.1 Å². The highest BCUT2D eigenvalue weighted by atomic mass is 35.5. The molecule has 1 aliphatic carbocycles. The first-order valence-corrected chi connectivity index (χ1v) is 9.31. The molecule has 25 heavy (non-hydrogen) atoms. The number of methoxy groups -OCH3 is 1. The Morgan fingerprint density at radius 1 is 1.16 bits per heavy atom. The van der Waals surface area contributed by atoms with E-state index < -0.39 is 0 Å². The molecule has 0 spiro atoms. The van der Waals surface area contributed by atoms with E-state index in [1.807, 2.05) is 18.7 Å². The van der Waals surface area contributed by atoms with E-state index in [-0.39, 0.29) is 23.7 Å². The molecule has 2 rings (SSSR count). The molecule has 0 atom stereocenters. The molecular weight excluding hydrogens is 340 g/mol. The molecule has 1 N–H and O–H groups in total. The van der Waals surface area contributed by atoms with Crippen LogP contribution in [0.25, 0.3) is 0 Å². The SMILES string of the molecule is CCN(CC)C(=O)C1CCC(C(=O)Nc2cc(Cl)ccc2OC)CC1. The molecule has 0 heterocycles. The van der Waals surface area contributed by atoms with E-state index >= 15 is 0 Å². The topological polar surface area (TPSA) is 58.6 Å². The molecule has 0 aromatic heterocycles. The minimum Gasteiger partial charge on any atom is -0.495 e. The van der Waals surface area contributed by atoms with Gasteiger partial charge >= 0.3 is 0 Å². The molecule has 6 heteroatoms. The maximum Gasteiger partial charge on any atom is 0.227 e. The van der Waals surface area contributed by atoms with Crippen molar-refractivity contribution in [1.82, 2.24) is 4.90 Å². The number of carbonyl (C=O) groups excluding carboxylic acids is 2. The smallest absolute Gasteiger partial charge is 0.227 e. The van der Waals surface area contributed by atoms with Crippen molar-refractivity contribution in [2.75, 3.05) is 25.5 Å². The number of amides is 2. The summed E-state index contributed by atoms with van der Waals surface area (Å²) in [4.78, 5) is 26.9. The Kier molecular flexibility index (Phi) is 7.12. The van der Waals surface area contributed by atoms with Gasteiger partial charge in [-0.2, -0.15) is 0 Å². The summed E-state index contributed by atoms with van der Waals surface area (Å²) >= 11 is 6.01. The van der Waals surface area contributed by atoms with Crippen molar-refractivity contribution in [3.05, 3.63) is 23.2 Å². The van der Waals surface area contributed by atoms with Gasteiger partial charge in [0.05, 0.1) is 12.8 Å². The molecular formula is C19H27ClN2O3. The molecule has 1 saturated carbocycles. The first-order chi connectivity index (χ1) is 12.0. The molecule has 0 aliphatic heterocycles. The fourth-order valence-electron chi connectivity index (χ4n) is 3.41. The highest BCUT2D eigenvalue weighted by Crippen LogP contribution is 2.33. The number of nitrogens with zero attached hydrogens (tertiary/aromatic N) is 1. The third-order valence-corrected chi connectivity index (χ3v) is 5.18. The second-order valence-corrected chi connectivity index (χ2v) is 6.83. The lowest BCUT2D eigenvalue weighted by atomic mass is 9.81. The number of ether oxygens (including phenoxy) is 1. The van der Waals surface area contributed by atoms with Gasteiger partial charge in [0, 0.05) is 29.9 Å². The van der Waals surface area contributed by atoms with Gasteiger partial charge in [-0.3, -0.25) is 9.59 Å². The van der Waals surface area contributed by atoms with Crippen LogP contribution in [0.3, 0.4) is 0 Å². The van der Waals surface area contributed by atoms with Crippen molar-refractivity contribution in [1.29, 1.82) is 0 Å². The Bertz CT molecular complexity index is 609. The molecule has 0 saturated heterocycles. The summed E-state index contributed by atoms with van der Waals surface area (Å²) in [5, 5.41) is 3.46. The molecule has 2 amide bonds. The van der Waals surface area contributed by atoms with Gasteiger partial charge in [0.2, 0.25) is 11.8 Å². The van der Waals surface area contributed by atoms with Gasteiger partial charge in [0.15, 0.2) is 0 Å². The maximum absolute atomic E-state index is 12.6. The summed E-state index contributed by atoms with van der Waals surface area (Å²) in [6.07, 6.45) is 2.99. The average Bonchev–Trinajstić information content (AvgIpc) is 2.63. The van der Waals surface area contributed by atoms with Crippen LogP contribution in [0.1, 0.15) is 39.5 Å². The van der Waals surface area contributed by atoms with Crippen LogP contribution in [0.15, 0.2) is 18.2 Å². The molecule has 1 aliphatic rings. The quantitative estimate of drug-likeness (QED) is 0.828. The summed E-state index contributed by atoms with van der Waals surface area (Å²) in [7, 11) is 1.56. The first-order valence-electron chi connectivity index (χ1n) is 8.93. The van der Waals surface area contributed by atoms with Gasteiger partial charge in [-0.15, -0.1) is 0 Å². The van der Waals surface area contributed by atoms with Crippen LogP contribution in [0, 0.1) is 11.8 Å². The van der Waals surface area contributed by atoms with Crippen molar-refractivity contribution in [2.24, 2.45) is 11.8 Å². The minimum atomic E-state index is -0.0792. The number of nitrogens with one attached hydrogen (secondary N) is 1. The van der Waals surface area contributed by atoms with Crippen LogP contribution in [-0.4, -0.2) is 36.9 Å². The standard InChI is InChI=1S/C19H27ClN2O3/c1-4-22(5-2)19(24)14-8-6-13(7-9-14)18(23)21-16-12-15(20)10-11-17(16)25-3/h10-14H,4-9H2,1-3H3,(H,21,23). The third-order valence-electron chi connectivity index (χ3n) is 4.94. The normalized spacial score (nSPS) is 20.0. The molecule has 1 aromatic rings. The summed E-state index contributed by atoms with van der Waals surface area (Å²) in [6, 6.07) is 5.14. The van der Waals surface area contributed by atoms with Gasteiger partial charge in [-0.05, 0) is 57.7 Å². The number of halogens is 1. The second kappa shape index (κ2) is 9.09. The first kappa shape index (κ1) is 19.6. The number of hydrogen-bond acceptors (Lipinski definition) is 3. The van der Waals surface area contributed by atoms with Crippen molar-refractivity contribution < 1.29 is 14.3 Å². The zero-order valence-corrected chi connectivity index (χ0v) is 15.9. The maximum atomic E-state index is 12.6. The minimum absolute atomic E-state index is 0.0331. The monoisotopic (exact) mass is 366 g/mol. The van der Waals surface area contributed by atoms with Crippen molar-refractivity contribution in [3.63, 3.8) is 0 Å². The molecule has 138 valence electrons. The number of carbonyl (C=O) groups is 2. The number of anilines is 1. The number of benzene rings is 1. The second-order valence-electron chi connectivity index (χ2n) is 6.39. The predicted molar refractivity (Wildman–Crippen MR) is 100 cm³/mol. The van der Waals surface area contributed by atoms with E-state index in [2.05, 4.69) is 5.32 Å². The van der Waals surface area contributed by atoms with Crippen LogP contribution >= 0.6 is 11.6 Å². The van der Waals surface area contributed by atoms with E-state index in [1.165, 1.54) is 0 Å². The molecule has 5 nitrogen and oxygen atoms in total. The van der Waals surface area contributed by atoms with E-state index in [0.29, 0.717) is 16.5 Å². The van der Waals surface area contributed by atoms with E-state index in [1.54, 1.807) is 25.3 Å². The van der Waals surface area contributed by atoms with Crippen molar-refractivity contribution in [3.8, 4) is 5.75 Å². The summed E-state index contributed by atoms with van der Waals surface area (Å²) in [5.41, 5.74) is 0.585. The molecule has 0 unspecified atom stereocenters. The average molecular weight is 367 g/mol. The van der Waals surface area contributed by atoms with Crippen LogP contribution in [0.2, 0.25) is 5.02 Å². The molecule has 1 aromatic carbocycles. The predicted octanol–water partition coefficient (Wildman–Crippen LogP) is 3.96. The summed E-state index contributed by atoms with van der Waals surface area (Å²) in [5.74, 6) is 0.743. The molecule has 1 fully saturated rings. The summed E-state index contributed by atoms with van der Waals surface area (Å²) in [6.45, 7) is 5.48. The van der Waals surface area contributed by atoms with Gasteiger partial charge < -0.3 is 15.0 Å². The Hall–Kier alpha value is -1.75. The van der Waals surface area contributed by atoms with E-state index in [9.17, 15) is 9.59 Å². The Labute approximate surface area is 154 Å². The Morgan fingerprint density at radius 3 is 2.32 bits per heavy atom. The fourth-order valence-corrected chi connectivity index (χ4v) is 3.58. The Morgan fingerprint density at radius 2 is 1.76 bits per heavy atom. The lowest BCUT2D eigenvalue weighted by molar-refractivity contribution is -0.137. The van der Waals surface area contributed by atoms with Crippen LogP contribution in [-0.2, 0) is 9.59 Å². The molecule has 0 radical (unpaired) electrons. The molecule has 0 bridgehead atoms. The Balaban J connectivity index is 1.93. The van der Waals surface area contributed by atoms with E-state index in [4.69, 9.17) is 16.3 Å². The van der Waals surface area contributed by atoms with Crippen LogP contribution in [0.4, 0.5) is 5.69 Å². The largest absolute Gasteiger partial charge is 0.495 e. The van der Waals surface area contributed by atoms with Gasteiger partial charge in [-0.25, -0.2) is 0 Å². The highest BCUT2D eigenvalue weighted by Gasteiger charge is 2.31. The third kappa shape index (κ3) is 4.88. The number of hydrogen-bond donors (Lipinski definition) is 1. The zero-order valence-electron chi connectivity index (χ0n) is 15.2. The highest BCUT2D eigenvalue weighted by molar-refractivity contribution is 6.31. The van der Waals surface area contributed by atoms with Crippen molar-refractivity contribution in [2.45, 2.75) is 39.5 Å². The number of rotatable bonds is 6. The zero-order chi connectivity index (χ0) is 18.4. The van der Waals surface area contributed by atoms with Crippen molar-refractivity contribution >= 4 is 29.1 Å². The van der Waals surface area contributed by atoms with E-state index in [0.717, 1.165) is 38.8 Å². The fraction of sp³-hybridized carbons (Fsp3) is 0.579. The summed E-state index contributed by atoms with van der Waals surface area (Å²) < 4.78 is 5.26. The lowest BCUT2D eigenvalue weighted by Gasteiger charge is -2.30. The van der Waals surface area contributed by atoms with Crippen LogP contribution in [0.5, 0.6) is 5.75 Å².